The standard InChI is InChI=1S/C27H37F2NO10/c1-24-8-7-15(32)10-18(24)19(28)11-17-16-12-20(33)27(22(35)14-31,25(16,2)13-21(34)26(17,24)29)40-23(36)6-4-3-5-9-39-30(37)38/h7-8,10,16-17,19-21,31,33-34,37-38H,3-6,9,11-14H2,1-2H3/t16?,17?,19-,20+,21-,24-,25-,26-,27-/m0/s1. The van der Waals surface area contributed by atoms with Gasteiger partial charge in [-0.2, -0.15) is 0 Å². The number of ketones is 2. The van der Waals surface area contributed by atoms with Crippen LogP contribution in [0.2, 0.25) is 0 Å². The molecule has 3 saturated carbocycles. The van der Waals surface area contributed by atoms with Gasteiger partial charge in [-0.05, 0) is 62.7 Å². The fourth-order valence-electron chi connectivity index (χ4n) is 7.99. The van der Waals surface area contributed by atoms with Gasteiger partial charge in [0.05, 0.1) is 18.1 Å². The minimum atomic E-state index is -2.45. The lowest BCUT2D eigenvalue weighted by Crippen LogP contribution is -2.71. The van der Waals surface area contributed by atoms with Crippen LogP contribution in [0.1, 0.15) is 58.8 Å². The average molecular weight is 574 g/mol. The van der Waals surface area contributed by atoms with Gasteiger partial charge in [0.25, 0.3) is 0 Å². The maximum absolute atomic E-state index is 17.3. The number of hydrogen-bond acceptors (Lipinski definition) is 11. The maximum Gasteiger partial charge on any atom is 0.306 e. The van der Waals surface area contributed by atoms with Crippen LogP contribution >= 0.6 is 0 Å². The second-order valence-corrected chi connectivity index (χ2v) is 11.8. The number of fused-ring (bicyclic) bond motifs is 5. The zero-order valence-corrected chi connectivity index (χ0v) is 22.5. The minimum Gasteiger partial charge on any atom is -0.447 e. The number of alkyl halides is 2. The molecular formula is C27H37F2NO10. The highest BCUT2D eigenvalue weighted by Gasteiger charge is 2.78. The van der Waals surface area contributed by atoms with E-state index in [9.17, 15) is 29.7 Å². The molecule has 4 aliphatic carbocycles. The Bertz CT molecular complexity index is 1100. The van der Waals surface area contributed by atoms with Crippen molar-refractivity contribution in [2.24, 2.45) is 22.7 Å². The normalized spacial score (nSPS) is 42.2. The van der Waals surface area contributed by atoms with Gasteiger partial charge in [0.1, 0.15) is 18.9 Å². The molecule has 40 heavy (non-hydrogen) atoms. The van der Waals surface area contributed by atoms with Crippen molar-refractivity contribution in [1.29, 1.82) is 0 Å². The third-order valence-corrected chi connectivity index (χ3v) is 9.88. The molecule has 0 spiro atoms. The Morgan fingerprint density at radius 3 is 2.45 bits per heavy atom. The molecular weight excluding hydrogens is 536 g/mol. The van der Waals surface area contributed by atoms with E-state index in [1.165, 1.54) is 19.9 Å². The van der Waals surface area contributed by atoms with Crippen molar-refractivity contribution < 1.29 is 58.5 Å². The molecule has 0 aliphatic heterocycles. The zero-order chi connectivity index (χ0) is 29.7. The highest BCUT2D eigenvalue weighted by molar-refractivity contribution is 6.01. The SMILES string of the molecule is C[C@]12C=CC(=O)C=C1[C@@H](F)CC1C3C[C@@H](O)[C@](OC(=O)CCCCCON(O)O)(C(=O)CO)[C@@]3(C)C[C@H](O)[C@@]12F. The molecule has 0 radical (unpaired) electrons. The molecule has 5 N–H and O–H groups in total. The Balaban J connectivity index is 1.64. The number of unbranched alkanes of at least 4 members (excludes halogenated alkanes) is 2. The third kappa shape index (κ3) is 4.46. The fraction of sp³-hybridized carbons (Fsp3) is 0.741. The van der Waals surface area contributed by atoms with Crippen LogP contribution in [0.15, 0.2) is 23.8 Å². The van der Waals surface area contributed by atoms with Crippen molar-refractivity contribution in [2.45, 2.75) is 88.4 Å². The van der Waals surface area contributed by atoms with E-state index < -0.39 is 94.7 Å². The van der Waals surface area contributed by atoms with E-state index in [0.29, 0.717) is 12.8 Å². The number of ether oxygens (including phenoxy) is 1. The first-order chi connectivity index (χ1) is 18.7. The van der Waals surface area contributed by atoms with E-state index in [1.807, 2.05) is 0 Å². The topological polar surface area (TPSA) is 174 Å². The summed E-state index contributed by atoms with van der Waals surface area (Å²) in [4.78, 5) is 42.7. The van der Waals surface area contributed by atoms with Crippen molar-refractivity contribution in [2.75, 3.05) is 13.2 Å². The van der Waals surface area contributed by atoms with Crippen LogP contribution in [0.5, 0.6) is 0 Å². The number of aliphatic hydroxyl groups excluding tert-OH is 3. The molecule has 4 rings (SSSR count). The van der Waals surface area contributed by atoms with Crippen LogP contribution in [0.4, 0.5) is 8.78 Å². The van der Waals surface area contributed by atoms with E-state index in [1.54, 1.807) is 0 Å². The van der Waals surface area contributed by atoms with Crippen LogP contribution < -0.4 is 0 Å². The number of halogens is 2. The maximum atomic E-state index is 17.3. The molecule has 3 fully saturated rings. The molecule has 0 aromatic rings. The van der Waals surface area contributed by atoms with E-state index in [2.05, 4.69) is 4.84 Å². The molecule has 4 aliphatic rings. The lowest BCUT2D eigenvalue weighted by atomic mass is 9.44. The first-order valence-corrected chi connectivity index (χ1v) is 13.5. The Kier molecular flexibility index (Phi) is 8.42. The number of allylic oxidation sites excluding steroid dienone is 4. The van der Waals surface area contributed by atoms with E-state index in [4.69, 9.17) is 15.2 Å². The Labute approximate surface area is 229 Å². The molecule has 0 bridgehead atoms. The van der Waals surface area contributed by atoms with Gasteiger partial charge in [-0.15, -0.1) is 0 Å². The summed E-state index contributed by atoms with van der Waals surface area (Å²) < 4.78 is 38.6. The highest BCUT2D eigenvalue weighted by Crippen LogP contribution is 2.70. The molecule has 11 nitrogen and oxygen atoms in total. The summed E-state index contributed by atoms with van der Waals surface area (Å²) in [6, 6.07) is 0. The van der Waals surface area contributed by atoms with Crippen molar-refractivity contribution in [3.05, 3.63) is 23.8 Å². The molecule has 0 amide bonds. The van der Waals surface area contributed by atoms with Gasteiger partial charge in [0.2, 0.25) is 11.4 Å². The monoisotopic (exact) mass is 573 g/mol. The Morgan fingerprint density at radius 2 is 1.80 bits per heavy atom. The van der Waals surface area contributed by atoms with Gasteiger partial charge in [-0.1, -0.05) is 19.4 Å². The van der Waals surface area contributed by atoms with Crippen molar-refractivity contribution >= 4 is 17.5 Å². The molecule has 13 heteroatoms. The van der Waals surface area contributed by atoms with Crippen molar-refractivity contribution in [3.63, 3.8) is 0 Å². The fourth-order valence-corrected chi connectivity index (χ4v) is 7.99. The third-order valence-electron chi connectivity index (χ3n) is 9.88. The molecule has 224 valence electrons. The quantitative estimate of drug-likeness (QED) is 0.146. The summed E-state index contributed by atoms with van der Waals surface area (Å²) in [5, 5.41) is 49.2. The van der Waals surface area contributed by atoms with Crippen LogP contribution in [0, 0.1) is 22.7 Å². The number of hydrogen-bond donors (Lipinski definition) is 5. The Hall–Kier alpha value is -2.13. The van der Waals surface area contributed by atoms with Gasteiger partial charge in [0, 0.05) is 23.2 Å². The average Bonchev–Trinajstić information content (AvgIpc) is 3.10. The molecule has 2 unspecified atom stereocenters. The lowest BCUT2D eigenvalue weighted by Gasteiger charge is -2.63. The second-order valence-electron chi connectivity index (χ2n) is 11.8. The summed E-state index contributed by atoms with van der Waals surface area (Å²) in [6.45, 7) is 1.79. The summed E-state index contributed by atoms with van der Waals surface area (Å²) in [7, 11) is 0. The summed E-state index contributed by atoms with van der Waals surface area (Å²) in [6.07, 6.45) is -1.92. The highest BCUT2D eigenvalue weighted by atomic mass is 19.1. The predicted molar refractivity (Wildman–Crippen MR) is 131 cm³/mol. The van der Waals surface area contributed by atoms with Gasteiger partial charge in [-0.3, -0.25) is 29.6 Å². The zero-order valence-electron chi connectivity index (χ0n) is 22.5. The van der Waals surface area contributed by atoms with Gasteiger partial charge in [-0.25, -0.2) is 8.78 Å². The van der Waals surface area contributed by atoms with Crippen LogP contribution in [-0.2, 0) is 24.0 Å². The minimum absolute atomic E-state index is 0.0353. The van der Waals surface area contributed by atoms with Crippen LogP contribution in [0.3, 0.4) is 0 Å². The predicted octanol–water partition coefficient (Wildman–Crippen LogP) is 1.69. The van der Waals surface area contributed by atoms with Gasteiger partial charge in [0.15, 0.2) is 11.5 Å². The number of nitrogens with zero attached hydrogens (tertiary/aromatic N) is 1. The first kappa shape index (κ1) is 30.8. The van der Waals surface area contributed by atoms with Crippen LogP contribution in [-0.4, -0.2) is 91.5 Å². The smallest absolute Gasteiger partial charge is 0.306 e. The molecule has 0 heterocycles. The number of Topliss-reactive ketones (excluding diaryl/α,β-unsaturated/α-hetero) is 1. The van der Waals surface area contributed by atoms with Crippen molar-refractivity contribution in [3.8, 4) is 0 Å². The van der Waals surface area contributed by atoms with E-state index in [0.717, 1.165) is 12.2 Å². The van der Waals surface area contributed by atoms with E-state index >= 15 is 8.78 Å². The summed E-state index contributed by atoms with van der Waals surface area (Å²) in [5.74, 6) is -4.48. The summed E-state index contributed by atoms with van der Waals surface area (Å²) in [5.41, 5.74) is -8.03. The number of esters is 1. The number of carbonyl (C=O) groups excluding carboxylic acids is 3. The first-order valence-electron chi connectivity index (χ1n) is 13.5. The number of aliphatic hydroxyl groups is 3. The second kappa shape index (κ2) is 10.9. The van der Waals surface area contributed by atoms with Crippen LogP contribution in [0.25, 0.3) is 0 Å². The largest absolute Gasteiger partial charge is 0.447 e. The van der Waals surface area contributed by atoms with Gasteiger partial charge >= 0.3 is 5.97 Å². The number of carbonyl (C=O) groups is 3. The summed E-state index contributed by atoms with van der Waals surface area (Å²) >= 11 is 0. The van der Waals surface area contributed by atoms with Gasteiger partial charge < -0.3 is 20.1 Å². The molecule has 0 aromatic heterocycles. The molecule has 0 aromatic carbocycles. The molecule has 9 atom stereocenters. The molecule has 0 saturated heterocycles. The van der Waals surface area contributed by atoms with E-state index in [-0.39, 0.29) is 31.4 Å². The van der Waals surface area contributed by atoms with Crippen molar-refractivity contribution in [1.82, 2.24) is 5.39 Å². The lowest BCUT2D eigenvalue weighted by molar-refractivity contribution is -0.492. The Morgan fingerprint density at radius 1 is 1.10 bits per heavy atom. The number of rotatable bonds is 10.